The van der Waals surface area contributed by atoms with Crippen LogP contribution < -0.4 is 0 Å². The van der Waals surface area contributed by atoms with Crippen LogP contribution in [-0.2, 0) is 0 Å². The second-order valence-corrected chi connectivity index (χ2v) is 12.3. The van der Waals surface area contributed by atoms with E-state index in [0.29, 0.717) is 16.8 Å². The summed E-state index contributed by atoms with van der Waals surface area (Å²) >= 11 is 0. The van der Waals surface area contributed by atoms with Crippen LogP contribution >= 0.6 is 0 Å². The van der Waals surface area contributed by atoms with Gasteiger partial charge in [0.15, 0.2) is 5.69 Å². The van der Waals surface area contributed by atoms with E-state index in [4.69, 9.17) is 6.57 Å². The van der Waals surface area contributed by atoms with Crippen molar-refractivity contribution in [3.05, 3.63) is 174 Å². The molecule has 9 aromatic rings. The van der Waals surface area contributed by atoms with Gasteiger partial charge in [-0.05, 0) is 65.0 Å². The second-order valence-electron chi connectivity index (χ2n) is 12.3. The lowest BCUT2D eigenvalue weighted by Gasteiger charge is -2.16. The summed E-state index contributed by atoms with van der Waals surface area (Å²) in [4.78, 5) is 3.68. The van der Waals surface area contributed by atoms with Gasteiger partial charge in [-0.2, -0.15) is 10.5 Å². The molecule has 0 saturated heterocycles. The van der Waals surface area contributed by atoms with E-state index in [1.807, 2.05) is 72.8 Å². The van der Waals surface area contributed by atoms with Crippen molar-refractivity contribution in [1.29, 1.82) is 10.5 Å². The van der Waals surface area contributed by atoms with Crippen molar-refractivity contribution >= 4 is 49.3 Å². The molecule has 9 rings (SSSR count). The number of para-hydroxylation sites is 4. The smallest absolute Gasteiger partial charge is 0.188 e. The quantitative estimate of drug-likeness (QED) is 0.181. The number of aromatic nitrogens is 2. The summed E-state index contributed by atoms with van der Waals surface area (Å²) in [6.07, 6.45) is 0. The second kappa shape index (κ2) is 11.4. The zero-order valence-electron chi connectivity index (χ0n) is 26.7. The molecule has 0 radical (unpaired) electrons. The number of nitrogens with zero attached hydrogens (tertiary/aromatic N) is 5. The lowest BCUT2D eigenvalue weighted by atomic mass is 9.94. The molecule has 0 spiro atoms. The minimum atomic E-state index is 0.442. The Labute approximate surface area is 288 Å². The fraction of sp³-hybridized carbons (Fsp3) is 0. The highest BCUT2D eigenvalue weighted by molar-refractivity contribution is 6.11. The fourth-order valence-corrected chi connectivity index (χ4v) is 7.41. The molecule has 0 N–H and O–H groups in total. The van der Waals surface area contributed by atoms with Gasteiger partial charge in [0.2, 0.25) is 0 Å². The predicted molar refractivity (Wildman–Crippen MR) is 202 cm³/mol. The van der Waals surface area contributed by atoms with Crippen LogP contribution in [0.15, 0.2) is 152 Å². The number of hydrogen-bond acceptors (Lipinski definition) is 2. The van der Waals surface area contributed by atoms with Crippen LogP contribution in [0.4, 0.5) is 5.69 Å². The summed E-state index contributed by atoms with van der Waals surface area (Å²) < 4.78 is 4.40. The normalized spacial score (nSPS) is 11.1. The van der Waals surface area contributed by atoms with Crippen molar-refractivity contribution in [2.24, 2.45) is 0 Å². The van der Waals surface area contributed by atoms with E-state index in [1.165, 1.54) is 0 Å². The standard InChI is InChI=1S/C45H25N5/c1-48-33-22-23-44-39(25-33)37-13-5-9-17-43(37)49(44)40-14-6-2-10-34(40)29-18-20-30(21-19-29)38-26-45(32(28-47)24-31(38)27-46)50-41-15-7-3-11-35(41)36-12-4-8-16-42(36)50/h2-26H. The van der Waals surface area contributed by atoms with Crippen molar-refractivity contribution in [1.82, 2.24) is 9.13 Å². The van der Waals surface area contributed by atoms with Crippen molar-refractivity contribution < 1.29 is 0 Å². The van der Waals surface area contributed by atoms with Crippen molar-refractivity contribution in [3.63, 3.8) is 0 Å². The summed E-state index contributed by atoms with van der Waals surface area (Å²) in [6.45, 7) is 7.57. The molecular formula is C45H25N5. The molecule has 5 nitrogen and oxygen atoms in total. The first-order chi connectivity index (χ1) is 24.7. The molecule has 2 aromatic heterocycles. The largest absolute Gasteiger partial charge is 0.309 e. The highest BCUT2D eigenvalue weighted by atomic mass is 15.0. The van der Waals surface area contributed by atoms with Crippen LogP contribution in [-0.4, -0.2) is 9.13 Å². The van der Waals surface area contributed by atoms with E-state index in [2.05, 4.69) is 98.9 Å². The maximum atomic E-state index is 10.3. The summed E-state index contributed by atoms with van der Waals surface area (Å²) in [6, 6.07) is 55.7. The molecule has 0 aliphatic heterocycles. The van der Waals surface area contributed by atoms with E-state index in [0.717, 1.165) is 77.2 Å². The van der Waals surface area contributed by atoms with Gasteiger partial charge in [-0.25, -0.2) is 4.85 Å². The zero-order valence-corrected chi connectivity index (χ0v) is 26.7. The zero-order chi connectivity index (χ0) is 33.8. The van der Waals surface area contributed by atoms with Gasteiger partial charge < -0.3 is 9.13 Å². The van der Waals surface area contributed by atoms with Crippen LogP contribution in [0.2, 0.25) is 0 Å². The Bertz CT molecular complexity index is 2900. The Kier molecular flexibility index (Phi) is 6.56. The maximum Gasteiger partial charge on any atom is 0.188 e. The molecule has 0 saturated carbocycles. The molecule has 50 heavy (non-hydrogen) atoms. The van der Waals surface area contributed by atoms with Crippen molar-refractivity contribution in [3.8, 4) is 45.8 Å². The lowest BCUT2D eigenvalue weighted by Crippen LogP contribution is -2.00. The average molecular weight is 636 g/mol. The minimum Gasteiger partial charge on any atom is -0.309 e. The maximum absolute atomic E-state index is 10.3. The highest BCUT2D eigenvalue weighted by Gasteiger charge is 2.19. The third kappa shape index (κ3) is 4.31. The molecular weight excluding hydrogens is 611 g/mol. The number of fused-ring (bicyclic) bond motifs is 6. The monoisotopic (exact) mass is 635 g/mol. The number of hydrogen-bond donors (Lipinski definition) is 0. The van der Waals surface area contributed by atoms with Gasteiger partial charge in [-0.3, -0.25) is 0 Å². The number of benzene rings is 7. The summed E-state index contributed by atoms with van der Waals surface area (Å²) in [5.41, 5.74) is 11.1. The Morgan fingerprint density at radius 1 is 0.440 bits per heavy atom. The van der Waals surface area contributed by atoms with Crippen LogP contribution in [0, 0.1) is 29.2 Å². The van der Waals surface area contributed by atoms with Gasteiger partial charge >= 0.3 is 0 Å². The van der Waals surface area contributed by atoms with Gasteiger partial charge in [0.25, 0.3) is 0 Å². The van der Waals surface area contributed by atoms with Gasteiger partial charge in [0, 0.05) is 27.3 Å². The molecule has 0 aliphatic carbocycles. The lowest BCUT2D eigenvalue weighted by molar-refractivity contribution is 1.17. The third-order valence-electron chi connectivity index (χ3n) is 9.63. The van der Waals surface area contributed by atoms with Crippen LogP contribution in [0.25, 0.3) is 82.1 Å². The third-order valence-corrected chi connectivity index (χ3v) is 9.63. The Morgan fingerprint density at radius 2 is 0.940 bits per heavy atom. The van der Waals surface area contributed by atoms with E-state index < -0.39 is 0 Å². The molecule has 0 bridgehead atoms. The Morgan fingerprint density at radius 3 is 1.54 bits per heavy atom. The van der Waals surface area contributed by atoms with E-state index >= 15 is 0 Å². The predicted octanol–water partition coefficient (Wildman–Crippen LogP) is 11.5. The van der Waals surface area contributed by atoms with Crippen molar-refractivity contribution in [2.75, 3.05) is 0 Å². The Hall–Kier alpha value is -7.39. The molecule has 230 valence electrons. The van der Waals surface area contributed by atoms with E-state index in [1.54, 1.807) is 6.07 Å². The van der Waals surface area contributed by atoms with Gasteiger partial charge in [-0.1, -0.05) is 103 Å². The molecule has 0 amide bonds. The Balaban J connectivity index is 1.20. The first-order valence-corrected chi connectivity index (χ1v) is 16.3. The molecule has 5 heteroatoms. The summed E-state index contributed by atoms with van der Waals surface area (Å²) in [7, 11) is 0. The van der Waals surface area contributed by atoms with E-state index in [-0.39, 0.29) is 0 Å². The molecule has 0 fully saturated rings. The average Bonchev–Trinajstić information content (AvgIpc) is 3.70. The fourth-order valence-electron chi connectivity index (χ4n) is 7.41. The number of nitriles is 2. The van der Waals surface area contributed by atoms with Crippen LogP contribution in [0.1, 0.15) is 11.1 Å². The molecule has 7 aromatic carbocycles. The molecule has 0 unspecified atom stereocenters. The first kappa shape index (κ1) is 28.8. The number of rotatable bonds is 4. The van der Waals surface area contributed by atoms with Crippen LogP contribution in [0.3, 0.4) is 0 Å². The summed E-state index contributed by atoms with van der Waals surface area (Å²) in [5, 5.41) is 24.9. The van der Waals surface area contributed by atoms with Gasteiger partial charge in [0.05, 0.1) is 57.2 Å². The SMILES string of the molecule is [C-]#[N+]c1ccc2c(c1)c1ccccc1n2-c1ccccc1-c1ccc(-c2cc(-n3c4ccccc4c4ccccc43)c(C#N)cc2C#N)cc1. The van der Waals surface area contributed by atoms with Gasteiger partial charge in [0.1, 0.15) is 6.07 Å². The minimum absolute atomic E-state index is 0.442. The highest BCUT2D eigenvalue weighted by Crippen LogP contribution is 2.39. The van der Waals surface area contributed by atoms with E-state index in [9.17, 15) is 10.5 Å². The first-order valence-electron chi connectivity index (χ1n) is 16.3. The van der Waals surface area contributed by atoms with Gasteiger partial charge in [-0.15, -0.1) is 0 Å². The molecule has 2 heterocycles. The summed E-state index contributed by atoms with van der Waals surface area (Å²) in [5.74, 6) is 0. The van der Waals surface area contributed by atoms with Crippen LogP contribution in [0.5, 0.6) is 0 Å². The van der Waals surface area contributed by atoms with Crippen molar-refractivity contribution in [2.45, 2.75) is 0 Å². The topological polar surface area (TPSA) is 61.8 Å². The molecule has 0 aliphatic rings. The molecule has 0 atom stereocenters.